The van der Waals surface area contributed by atoms with Gasteiger partial charge >= 0.3 is 6.09 Å². The molecule has 14 heteroatoms. The fourth-order valence-electron chi connectivity index (χ4n) is 4.78. The smallest absolute Gasteiger partial charge is 0.405 e. The number of benzene rings is 2. The zero-order valence-electron chi connectivity index (χ0n) is 20.3. The van der Waals surface area contributed by atoms with Gasteiger partial charge in [0.25, 0.3) is 0 Å². The highest BCUT2D eigenvalue weighted by Crippen LogP contribution is 2.35. The standard InChI is InChI=1S/C24H25Cl3N4O6S/c1-13(2)29-12-21-30(38(36,37)20-8-7-16(26)10-17(20)27)11-18(28-24(34)35)22(32)31(21)19(23(29)33)9-14-3-5-15(25)6-4-14/h3-8,10,13,18-19,21,28H,9,11-12H2,1-2H3,(H,34,35). The first kappa shape index (κ1) is 28.4. The van der Waals surface area contributed by atoms with Gasteiger partial charge in [0.05, 0.1) is 11.6 Å². The van der Waals surface area contributed by atoms with Gasteiger partial charge < -0.3 is 20.2 Å². The van der Waals surface area contributed by atoms with Crippen LogP contribution in [0.15, 0.2) is 47.4 Å². The second-order valence-corrected chi connectivity index (χ2v) is 12.4. The minimum atomic E-state index is -4.38. The molecule has 38 heavy (non-hydrogen) atoms. The molecule has 2 aliphatic rings. The molecule has 2 aromatic carbocycles. The molecule has 2 heterocycles. The number of carboxylic acid groups (broad SMARTS) is 1. The summed E-state index contributed by atoms with van der Waals surface area (Å²) in [6.45, 7) is 2.99. The molecule has 3 atom stereocenters. The molecule has 0 aliphatic carbocycles. The maximum absolute atomic E-state index is 13.9. The molecule has 2 saturated heterocycles. The van der Waals surface area contributed by atoms with Gasteiger partial charge in [0, 0.05) is 29.1 Å². The first-order valence-corrected chi connectivity index (χ1v) is 14.2. The number of nitrogens with zero attached hydrogens (tertiary/aromatic N) is 3. The van der Waals surface area contributed by atoms with Crippen LogP contribution in [-0.4, -0.2) is 82.9 Å². The predicted molar refractivity (Wildman–Crippen MR) is 142 cm³/mol. The molecular weight excluding hydrogens is 579 g/mol. The molecule has 0 aromatic heterocycles. The second kappa shape index (κ2) is 10.9. The highest BCUT2D eigenvalue weighted by molar-refractivity contribution is 7.89. The van der Waals surface area contributed by atoms with Crippen LogP contribution in [0, 0.1) is 0 Å². The van der Waals surface area contributed by atoms with E-state index < -0.39 is 46.8 Å². The summed E-state index contributed by atoms with van der Waals surface area (Å²) in [5.74, 6) is -1.07. The van der Waals surface area contributed by atoms with Crippen LogP contribution in [0.1, 0.15) is 19.4 Å². The molecule has 0 spiro atoms. The van der Waals surface area contributed by atoms with Crippen molar-refractivity contribution >= 4 is 62.7 Å². The van der Waals surface area contributed by atoms with E-state index in [-0.39, 0.29) is 39.9 Å². The second-order valence-electron chi connectivity index (χ2n) is 9.31. The number of sulfonamides is 1. The molecule has 0 radical (unpaired) electrons. The first-order valence-electron chi connectivity index (χ1n) is 11.6. The van der Waals surface area contributed by atoms with E-state index in [2.05, 4.69) is 5.32 Å². The van der Waals surface area contributed by atoms with Crippen molar-refractivity contribution in [1.29, 1.82) is 0 Å². The van der Waals surface area contributed by atoms with Crippen molar-refractivity contribution in [1.82, 2.24) is 19.4 Å². The van der Waals surface area contributed by atoms with Crippen LogP contribution in [0.4, 0.5) is 4.79 Å². The Bertz CT molecular complexity index is 1370. The van der Waals surface area contributed by atoms with Crippen LogP contribution in [0.5, 0.6) is 0 Å². The Morgan fingerprint density at radius 2 is 1.66 bits per heavy atom. The van der Waals surface area contributed by atoms with Crippen molar-refractivity contribution in [3.8, 4) is 0 Å². The van der Waals surface area contributed by atoms with Crippen molar-refractivity contribution < 1.29 is 27.9 Å². The van der Waals surface area contributed by atoms with Crippen LogP contribution in [0.25, 0.3) is 0 Å². The largest absolute Gasteiger partial charge is 0.465 e. The molecule has 10 nitrogen and oxygen atoms in total. The highest BCUT2D eigenvalue weighted by atomic mass is 35.5. The van der Waals surface area contributed by atoms with E-state index in [0.717, 1.165) is 4.31 Å². The average Bonchev–Trinajstić information content (AvgIpc) is 2.82. The van der Waals surface area contributed by atoms with Gasteiger partial charge in [-0.15, -0.1) is 0 Å². The van der Waals surface area contributed by atoms with Gasteiger partial charge in [-0.1, -0.05) is 46.9 Å². The number of nitrogens with one attached hydrogen (secondary N) is 1. The van der Waals surface area contributed by atoms with Gasteiger partial charge in [0.2, 0.25) is 21.8 Å². The van der Waals surface area contributed by atoms with Crippen molar-refractivity contribution in [3.05, 3.63) is 63.1 Å². The summed E-state index contributed by atoms with van der Waals surface area (Å²) < 4.78 is 28.9. The molecule has 4 rings (SSSR count). The molecule has 0 bridgehead atoms. The van der Waals surface area contributed by atoms with E-state index in [9.17, 15) is 27.9 Å². The number of amides is 3. The summed E-state index contributed by atoms with van der Waals surface area (Å²) in [7, 11) is -4.38. The summed E-state index contributed by atoms with van der Waals surface area (Å²) in [6, 6.07) is 7.77. The Morgan fingerprint density at radius 3 is 2.24 bits per heavy atom. The van der Waals surface area contributed by atoms with Gasteiger partial charge in [-0.3, -0.25) is 9.59 Å². The number of halogens is 3. The van der Waals surface area contributed by atoms with Crippen LogP contribution < -0.4 is 5.32 Å². The molecule has 0 saturated carbocycles. The van der Waals surface area contributed by atoms with E-state index in [0.29, 0.717) is 10.6 Å². The molecule has 204 valence electrons. The zero-order valence-corrected chi connectivity index (χ0v) is 23.4. The summed E-state index contributed by atoms with van der Waals surface area (Å²) in [6.07, 6.45) is -2.55. The van der Waals surface area contributed by atoms with Crippen LogP contribution in [0.3, 0.4) is 0 Å². The summed E-state index contributed by atoms with van der Waals surface area (Å²) in [5.41, 5.74) is 0.688. The van der Waals surface area contributed by atoms with E-state index >= 15 is 0 Å². The maximum Gasteiger partial charge on any atom is 0.405 e. The lowest BCUT2D eigenvalue weighted by atomic mass is 9.96. The summed E-state index contributed by atoms with van der Waals surface area (Å²) in [4.78, 5) is 41.3. The van der Waals surface area contributed by atoms with Gasteiger partial charge in [-0.05, 0) is 49.7 Å². The summed E-state index contributed by atoms with van der Waals surface area (Å²) >= 11 is 18.2. The Labute approximate surface area is 235 Å². The minimum Gasteiger partial charge on any atom is -0.465 e. The quantitative estimate of drug-likeness (QED) is 0.522. The van der Waals surface area contributed by atoms with Gasteiger partial charge in [-0.25, -0.2) is 13.2 Å². The molecule has 2 aromatic rings. The van der Waals surface area contributed by atoms with Crippen molar-refractivity contribution in [2.45, 2.75) is 49.5 Å². The number of rotatable bonds is 6. The molecule has 3 amide bonds. The third-order valence-corrected chi connectivity index (χ3v) is 9.41. The van der Waals surface area contributed by atoms with E-state index in [1.54, 1.807) is 38.1 Å². The molecule has 2 N–H and O–H groups in total. The Kier molecular flexibility index (Phi) is 8.15. The normalized spacial score (nSPS) is 22.5. The van der Waals surface area contributed by atoms with Gasteiger partial charge in [-0.2, -0.15) is 4.31 Å². The topological polar surface area (TPSA) is 127 Å². The molecule has 3 unspecified atom stereocenters. The average molecular weight is 604 g/mol. The van der Waals surface area contributed by atoms with Crippen LogP contribution >= 0.6 is 34.8 Å². The Hall–Kier alpha value is -2.57. The van der Waals surface area contributed by atoms with E-state index in [4.69, 9.17) is 34.8 Å². The first-order chi connectivity index (χ1) is 17.8. The third-order valence-electron chi connectivity index (χ3n) is 6.58. The Balaban J connectivity index is 1.85. The molecule has 2 aliphatic heterocycles. The Morgan fingerprint density at radius 1 is 1.03 bits per heavy atom. The van der Waals surface area contributed by atoms with Gasteiger partial charge in [0.15, 0.2) is 0 Å². The number of carbonyl (C=O) groups is 3. The van der Waals surface area contributed by atoms with E-state index in [1.165, 1.54) is 28.0 Å². The number of piperazine rings is 1. The lowest BCUT2D eigenvalue weighted by Gasteiger charge is -2.54. The fourth-order valence-corrected chi connectivity index (χ4v) is 7.24. The monoisotopic (exact) mass is 602 g/mol. The van der Waals surface area contributed by atoms with Crippen molar-refractivity contribution in [3.63, 3.8) is 0 Å². The molecular formula is C24H25Cl3N4O6S. The lowest BCUT2D eigenvalue weighted by Crippen LogP contribution is -2.76. The zero-order chi connectivity index (χ0) is 27.9. The summed E-state index contributed by atoms with van der Waals surface area (Å²) in [5, 5.41) is 12.1. The van der Waals surface area contributed by atoms with Crippen molar-refractivity contribution in [2.75, 3.05) is 13.1 Å². The number of hydrogen-bond donors (Lipinski definition) is 2. The van der Waals surface area contributed by atoms with Gasteiger partial charge in [0.1, 0.15) is 23.1 Å². The lowest BCUT2D eigenvalue weighted by molar-refractivity contribution is -0.168. The predicted octanol–water partition coefficient (Wildman–Crippen LogP) is 3.30. The van der Waals surface area contributed by atoms with Crippen LogP contribution in [-0.2, 0) is 26.0 Å². The van der Waals surface area contributed by atoms with E-state index in [1.807, 2.05) is 0 Å². The SMILES string of the molecule is CC(C)N1CC2N(C(=O)C(NC(=O)O)CN2S(=O)(=O)c2ccc(Cl)cc2Cl)C(Cc2ccc(Cl)cc2)C1=O. The highest BCUT2D eigenvalue weighted by Gasteiger charge is 2.54. The van der Waals surface area contributed by atoms with Crippen LogP contribution in [0.2, 0.25) is 15.1 Å². The number of hydrogen-bond acceptors (Lipinski definition) is 5. The fraction of sp³-hybridized carbons (Fsp3) is 0.375. The maximum atomic E-state index is 13.9. The number of carbonyl (C=O) groups excluding carboxylic acids is 2. The minimum absolute atomic E-state index is 0.0663. The van der Waals surface area contributed by atoms with Crippen molar-refractivity contribution in [2.24, 2.45) is 0 Å². The third kappa shape index (κ3) is 5.43. The number of fused-ring (bicyclic) bond motifs is 1. The molecule has 2 fully saturated rings.